The molecule has 0 unspecified atom stereocenters. The summed E-state index contributed by atoms with van der Waals surface area (Å²) in [6.07, 6.45) is 0.282. The molecule has 1 N–H and O–H groups in total. The molecule has 5 heteroatoms. The Morgan fingerprint density at radius 2 is 2.16 bits per heavy atom. The highest BCUT2D eigenvalue weighted by molar-refractivity contribution is 7.23. The number of benzene rings is 1. The fourth-order valence-electron chi connectivity index (χ4n) is 1.75. The van der Waals surface area contributed by atoms with E-state index in [0.29, 0.717) is 0 Å². The van der Waals surface area contributed by atoms with Crippen LogP contribution in [-0.2, 0) is 9.36 Å². The minimum absolute atomic E-state index is 0.00860. The van der Waals surface area contributed by atoms with Gasteiger partial charge in [-0.05, 0) is 37.1 Å². The summed E-state index contributed by atoms with van der Waals surface area (Å²) < 4.78 is 10.3. The van der Waals surface area contributed by atoms with E-state index in [-0.39, 0.29) is 27.2 Å². The molecule has 0 heterocycles. The number of amides is 1. The third-order valence-electron chi connectivity index (χ3n) is 2.89. The smallest absolute Gasteiger partial charge is 0.240 e. The van der Waals surface area contributed by atoms with Gasteiger partial charge in [0.15, 0.2) is 8.46 Å². The van der Waals surface area contributed by atoms with Crippen LogP contribution in [0.5, 0.6) is 0 Å². The fourth-order valence-corrected chi connectivity index (χ4v) is 1.95. The summed E-state index contributed by atoms with van der Waals surface area (Å²) in [4.78, 5) is 13.5. The lowest BCUT2D eigenvalue weighted by Gasteiger charge is -2.19. The predicted octanol–water partition coefficient (Wildman–Crippen LogP) is 2.83. The highest BCUT2D eigenvalue weighted by Crippen LogP contribution is 2.23. The third kappa shape index (κ3) is 4.27. The van der Waals surface area contributed by atoms with E-state index in [1.165, 1.54) is 0 Å². The van der Waals surface area contributed by atoms with Crippen molar-refractivity contribution < 1.29 is 9.36 Å². The first-order valence-electron chi connectivity index (χ1n) is 6.00. The van der Waals surface area contributed by atoms with Crippen LogP contribution in [0.15, 0.2) is 24.8 Å². The summed E-state index contributed by atoms with van der Waals surface area (Å²) >= 11 is 0. The van der Waals surface area contributed by atoms with Crippen LogP contribution in [0.3, 0.4) is 0 Å². The first-order chi connectivity index (χ1) is 8.97. The molecule has 0 fully saturated rings. The van der Waals surface area contributed by atoms with Crippen LogP contribution < -0.4 is 10.2 Å². The van der Waals surface area contributed by atoms with Gasteiger partial charge in [-0.2, -0.15) is 0 Å². The molecule has 1 aromatic rings. The molecule has 1 aromatic carbocycles. The summed E-state index contributed by atoms with van der Waals surface area (Å²) in [5.41, 5.74) is 4.00. The number of hydrogen-bond acceptors (Lipinski definition) is 3. The van der Waals surface area contributed by atoms with Crippen LogP contribution in [0.2, 0.25) is 0 Å². The Morgan fingerprint density at radius 1 is 1.47 bits per heavy atom. The Morgan fingerprint density at radius 3 is 2.74 bits per heavy atom. The van der Waals surface area contributed by atoms with Crippen LogP contribution in [0.1, 0.15) is 18.1 Å². The van der Waals surface area contributed by atoms with E-state index in [9.17, 15) is 9.36 Å². The molecule has 0 saturated carbocycles. The van der Waals surface area contributed by atoms with Gasteiger partial charge in [0.05, 0.1) is 12.8 Å². The quantitative estimate of drug-likeness (QED) is 0.643. The first kappa shape index (κ1) is 15.5. The highest BCUT2D eigenvalue weighted by Gasteiger charge is 2.11. The number of likely N-dealkylation sites (N-methyl/N-ethyl adjacent to an activating group) is 1. The molecule has 0 aliphatic heterocycles. The lowest BCUT2D eigenvalue weighted by Crippen LogP contribution is -2.35. The second kappa shape index (κ2) is 7.17. The molecule has 4 nitrogen and oxygen atoms in total. The van der Waals surface area contributed by atoms with E-state index in [1.54, 1.807) is 11.9 Å². The van der Waals surface area contributed by atoms with E-state index in [1.807, 2.05) is 32.0 Å². The van der Waals surface area contributed by atoms with Crippen LogP contribution in [-0.4, -0.2) is 25.8 Å². The van der Waals surface area contributed by atoms with Crippen LogP contribution in [0, 0.1) is 6.92 Å². The normalized spacial score (nSPS) is 10.5. The molecular weight excluding hydrogens is 259 g/mol. The van der Waals surface area contributed by atoms with Crippen molar-refractivity contribution in [3.63, 3.8) is 0 Å². The molecule has 1 amide bonds. The Hall–Kier alpha value is -1.51. The average Bonchev–Trinajstić information content (AvgIpc) is 2.38. The molecule has 0 aromatic heterocycles. The van der Waals surface area contributed by atoms with Crippen molar-refractivity contribution in [3.05, 3.63) is 35.9 Å². The highest BCUT2D eigenvalue weighted by atomic mass is 31.1. The number of hydrogen-bond donors (Lipinski definition) is 1. The summed E-state index contributed by atoms with van der Waals surface area (Å²) in [5.74, 6) is -0.0693. The van der Waals surface area contributed by atoms with Gasteiger partial charge in [-0.3, -0.25) is 14.7 Å². The van der Waals surface area contributed by atoms with Crippen molar-refractivity contribution in [2.24, 2.45) is 0 Å². The Labute approximate surface area is 115 Å². The van der Waals surface area contributed by atoms with E-state index < -0.39 is 0 Å². The van der Waals surface area contributed by atoms with E-state index in [4.69, 9.17) is 0 Å². The van der Waals surface area contributed by atoms with Gasteiger partial charge in [-0.25, -0.2) is 0 Å². The third-order valence-corrected chi connectivity index (χ3v) is 3.25. The summed E-state index contributed by atoms with van der Waals surface area (Å²) in [6.45, 7) is 8.07. The molecule has 0 aliphatic rings. The van der Waals surface area contributed by atoms with E-state index in [2.05, 4.69) is 11.9 Å². The fraction of sp³-hybridized carbons (Fsp3) is 0.357. The summed E-state index contributed by atoms with van der Waals surface area (Å²) in [5, 5.41) is 2.80. The lowest BCUT2D eigenvalue weighted by atomic mass is 10.0. The second-order valence-corrected chi connectivity index (χ2v) is 5.02. The van der Waals surface area contributed by atoms with Gasteiger partial charge >= 0.3 is 0 Å². The second-order valence-electron chi connectivity index (χ2n) is 4.45. The minimum Gasteiger partial charge on any atom is -0.314 e. The topological polar surface area (TPSA) is 49.4 Å². The zero-order valence-electron chi connectivity index (χ0n) is 11.6. The van der Waals surface area contributed by atoms with E-state index in [0.717, 1.165) is 22.4 Å². The molecule has 0 atom stereocenters. The SMILES string of the molecule is C=C(C)c1cc(N(C)C(=O)CNCP=O)ccc1C. The van der Waals surface area contributed by atoms with Crippen LogP contribution >= 0.6 is 8.46 Å². The van der Waals surface area contributed by atoms with Gasteiger partial charge in [0.1, 0.15) is 0 Å². The molecule has 0 saturated heterocycles. The molecule has 0 aliphatic carbocycles. The molecule has 0 spiro atoms. The lowest BCUT2D eigenvalue weighted by molar-refractivity contribution is -0.117. The van der Waals surface area contributed by atoms with Gasteiger partial charge < -0.3 is 4.90 Å². The number of allylic oxidation sites excluding steroid dienone is 1. The summed E-state index contributed by atoms with van der Waals surface area (Å²) in [7, 11) is 1.72. The number of carbonyl (C=O) groups is 1. The molecule has 102 valence electrons. The van der Waals surface area contributed by atoms with Gasteiger partial charge in [-0.15, -0.1) is 0 Å². The molecular formula is C14H19N2O2P. The number of aryl methyl sites for hydroxylation is 1. The maximum absolute atomic E-state index is 11.9. The zero-order chi connectivity index (χ0) is 14.4. The number of rotatable bonds is 6. The van der Waals surface area contributed by atoms with Gasteiger partial charge in [0, 0.05) is 12.7 Å². The van der Waals surface area contributed by atoms with E-state index >= 15 is 0 Å². The van der Waals surface area contributed by atoms with Crippen molar-refractivity contribution in [2.75, 3.05) is 24.8 Å². The number of nitrogens with zero attached hydrogens (tertiary/aromatic N) is 1. The van der Waals surface area contributed by atoms with Gasteiger partial charge in [0.2, 0.25) is 5.91 Å². The number of anilines is 1. The summed E-state index contributed by atoms with van der Waals surface area (Å²) in [6, 6.07) is 5.85. The predicted molar refractivity (Wildman–Crippen MR) is 79.8 cm³/mol. The first-order valence-corrected chi connectivity index (χ1v) is 7.00. The molecule has 1 rings (SSSR count). The van der Waals surface area contributed by atoms with Gasteiger partial charge in [-0.1, -0.05) is 18.2 Å². The standard InChI is InChI=1S/C14H19N2O2P/c1-10(2)13-7-12(6-5-11(13)3)16(4)14(17)8-15-9-19-18/h5-7,15H,1,8-9H2,2-4H3. The zero-order valence-corrected chi connectivity index (χ0v) is 12.5. The monoisotopic (exact) mass is 278 g/mol. The van der Waals surface area contributed by atoms with Crippen molar-refractivity contribution in [2.45, 2.75) is 13.8 Å². The molecule has 0 radical (unpaired) electrons. The van der Waals surface area contributed by atoms with Crippen molar-refractivity contribution >= 4 is 25.6 Å². The van der Waals surface area contributed by atoms with Gasteiger partial charge in [0.25, 0.3) is 0 Å². The van der Waals surface area contributed by atoms with Crippen LogP contribution in [0.4, 0.5) is 5.69 Å². The van der Waals surface area contributed by atoms with Crippen LogP contribution in [0.25, 0.3) is 5.57 Å². The van der Waals surface area contributed by atoms with Crippen molar-refractivity contribution in [1.82, 2.24) is 5.32 Å². The average molecular weight is 278 g/mol. The molecule has 0 bridgehead atoms. The largest absolute Gasteiger partial charge is 0.314 e. The number of carbonyl (C=O) groups excluding carboxylic acids is 1. The Kier molecular flexibility index (Phi) is 5.87. The minimum atomic E-state index is -0.0693. The number of nitrogens with one attached hydrogen (secondary N) is 1. The maximum atomic E-state index is 11.9. The Balaban J connectivity index is 2.84. The van der Waals surface area contributed by atoms with Crippen molar-refractivity contribution in [1.29, 1.82) is 0 Å². The van der Waals surface area contributed by atoms with Crippen molar-refractivity contribution in [3.8, 4) is 0 Å². The Bertz CT molecular complexity index is 500. The maximum Gasteiger partial charge on any atom is 0.240 e. The molecule has 19 heavy (non-hydrogen) atoms.